The third-order valence-corrected chi connectivity index (χ3v) is 3.74. The molecule has 0 aliphatic heterocycles. The van der Waals surface area contributed by atoms with Crippen molar-refractivity contribution in [2.75, 3.05) is 6.61 Å². The smallest absolute Gasteiger partial charge is 0.0624 e. The first-order valence-electron chi connectivity index (χ1n) is 5.56. The van der Waals surface area contributed by atoms with Crippen molar-refractivity contribution in [1.82, 2.24) is 0 Å². The van der Waals surface area contributed by atoms with E-state index >= 15 is 0 Å². The van der Waals surface area contributed by atoms with Crippen LogP contribution in [0.3, 0.4) is 0 Å². The molecule has 0 heterocycles. The predicted octanol–water partition coefficient (Wildman–Crippen LogP) is 4.33. The number of aliphatic hydroxyl groups is 1. The lowest BCUT2D eigenvalue weighted by atomic mass is 9.80. The average Bonchev–Trinajstić information content (AvgIpc) is 2.25. The number of benzene rings is 1. The number of halogens is 2. The van der Waals surface area contributed by atoms with Gasteiger partial charge in [-0.1, -0.05) is 55.6 Å². The first kappa shape index (κ1) is 13.8. The van der Waals surface area contributed by atoms with E-state index in [1.807, 2.05) is 12.1 Å². The molecule has 0 amide bonds. The maximum atomic E-state index is 9.46. The van der Waals surface area contributed by atoms with Crippen LogP contribution in [0, 0.1) is 5.41 Å². The zero-order valence-corrected chi connectivity index (χ0v) is 11.3. The molecule has 0 aromatic heterocycles. The van der Waals surface area contributed by atoms with Crippen LogP contribution in [0.25, 0.3) is 0 Å². The van der Waals surface area contributed by atoms with Crippen LogP contribution in [0.4, 0.5) is 0 Å². The van der Waals surface area contributed by atoms with E-state index in [1.165, 1.54) is 0 Å². The van der Waals surface area contributed by atoms with Gasteiger partial charge in [0.15, 0.2) is 0 Å². The van der Waals surface area contributed by atoms with E-state index in [-0.39, 0.29) is 12.0 Å². The van der Waals surface area contributed by atoms with Gasteiger partial charge in [0, 0.05) is 6.61 Å². The van der Waals surface area contributed by atoms with E-state index < -0.39 is 0 Å². The monoisotopic (exact) mass is 260 g/mol. The Bertz CT molecular complexity index is 352. The summed E-state index contributed by atoms with van der Waals surface area (Å²) in [6.45, 7) is 4.37. The number of hydrogen-bond acceptors (Lipinski definition) is 1. The molecule has 0 spiro atoms. The minimum absolute atomic E-state index is 0.108. The Hall–Kier alpha value is -0.240. The van der Waals surface area contributed by atoms with Gasteiger partial charge in [-0.25, -0.2) is 0 Å². The third kappa shape index (κ3) is 3.38. The van der Waals surface area contributed by atoms with E-state index in [0.717, 1.165) is 24.8 Å². The summed E-state index contributed by atoms with van der Waals surface area (Å²) in [5, 5.41) is 10.7. The zero-order chi connectivity index (χ0) is 12.2. The van der Waals surface area contributed by atoms with Crippen molar-refractivity contribution in [1.29, 1.82) is 0 Å². The molecule has 16 heavy (non-hydrogen) atoms. The van der Waals surface area contributed by atoms with Gasteiger partial charge in [0.25, 0.3) is 0 Å². The molecular formula is C13H18Cl2O. The van der Waals surface area contributed by atoms with Gasteiger partial charge < -0.3 is 5.11 Å². The molecule has 1 aromatic rings. The summed E-state index contributed by atoms with van der Waals surface area (Å²) in [5.74, 6) is 0. The molecule has 3 heteroatoms. The number of hydrogen-bond donors (Lipinski definition) is 1. The molecule has 0 saturated heterocycles. The van der Waals surface area contributed by atoms with Gasteiger partial charge in [0.1, 0.15) is 0 Å². The Labute approximate surface area is 107 Å². The molecule has 1 nitrogen and oxygen atoms in total. The molecule has 90 valence electrons. The number of aliphatic hydroxyl groups excluding tert-OH is 1. The standard InChI is InChI=1S/C13H18Cl2O/c1-3-7-13(2,9-16)8-10-5-4-6-11(14)12(10)15/h4-6,16H,3,7-9H2,1-2H3. The van der Waals surface area contributed by atoms with E-state index in [9.17, 15) is 5.11 Å². The fourth-order valence-corrected chi connectivity index (χ4v) is 2.36. The van der Waals surface area contributed by atoms with E-state index in [0.29, 0.717) is 10.0 Å². The Morgan fingerprint density at radius 2 is 2.00 bits per heavy atom. The highest BCUT2D eigenvalue weighted by Gasteiger charge is 2.24. The van der Waals surface area contributed by atoms with Crippen molar-refractivity contribution in [3.63, 3.8) is 0 Å². The van der Waals surface area contributed by atoms with Crippen molar-refractivity contribution in [3.8, 4) is 0 Å². The van der Waals surface area contributed by atoms with Gasteiger partial charge >= 0.3 is 0 Å². The van der Waals surface area contributed by atoms with Crippen LogP contribution in [0.5, 0.6) is 0 Å². The van der Waals surface area contributed by atoms with Crippen molar-refractivity contribution in [3.05, 3.63) is 33.8 Å². The second kappa shape index (κ2) is 5.90. The van der Waals surface area contributed by atoms with Crippen molar-refractivity contribution < 1.29 is 5.11 Å². The van der Waals surface area contributed by atoms with E-state index in [4.69, 9.17) is 23.2 Å². The van der Waals surface area contributed by atoms with Gasteiger partial charge in [-0.3, -0.25) is 0 Å². The highest BCUT2D eigenvalue weighted by Crippen LogP contribution is 2.33. The molecular weight excluding hydrogens is 243 g/mol. The maximum Gasteiger partial charge on any atom is 0.0624 e. The summed E-state index contributed by atoms with van der Waals surface area (Å²) in [4.78, 5) is 0. The topological polar surface area (TPSA) is 20.2 Å². The molecule has 0 aliphatic carbocycles. The van der Waals surface area contributed by atoms with Crippen LogP contribution >= 0.6 is 23.2 Å². The molecule has 0 bridgehead atoms. The zero-order valence-electron chi connectivity index (χ0n) is 9.76. The predicted molar refractivity (Wildman–Crippen MR) is 70.3 cm³/mol. The third-order valence-electron chi connectivity index (χ3n) is 2.88. The molecule has 1 aromatic carbocycles. The molecule has 0 saturated carbocycles. The summed E-state index contributed by atoms with van der Waals surface area (Å²) in [6.07, 6.45) is 2.79. The quantitative estimate of drug-likeness (QED) is 0.836. The summed E-state index contributed by atoms with van der Waals surface area (Å²) in [7, 11) is 0. The summed E-state index contributed by atoms with van der Waals surface area (Å²) in [5.41, 5.74) is 0.905. The lowest BCUT2D eigenvalue weighted by Crippen LogP contribution is -2.24. The van der Waals surface area contributed by atoms with Gasteiger partial charge in [0.2, 0.25) is 0 Å². The van der Waals surface area contributed by atoms with Crippen molar-refractivity contribution >= 4 is 23.2 Å². The van der Waals surface area contributed by atoms with Gasteiger partial charge in [-0.05, 0) is 29.9 Å². The van der Waals surface area contributed by atoms with Crippen LogP contribution in [0.1, 0.15) is 32.3 Å². The first-order valence-corrected chi connectivity index (χ1v) is 6.32. The summed E-state index contributed by atoms with van der Waals surface area (Å²) >= 11 is 12.1. The van der Waals surface area contributed by atoms with E-state index in [2.05, 4.69) is 13.8 Å². The highest BCUT2D eigenvalue weighted by atomic mass is 35.5. The molecule has 1 unspecified atom stereocenters. The van der Waals surface area contributed by atoms with Gasteiger partial charge in [0.05, 0.1) is 10.0 Å². The molecule has 0 aliphatic rings. The van der Waals surface area contributed by atoms with Crippen molar-refractivity contribution in [2.24, 2.45) is 5.41 Å². The summed E-state index contributed by atoms with van der Waals surface area (Å²) in [6, 6.07) is 5.65. The minimum atomic E-state index is -0.108. The lowest BCUT2D eigenvalue weighted by Gasteiger charge is -2.27. The van der Waals surface area contributed by atoms with Crippen LogP contribution in [0.15, 0.2) is 18.2 Å². The Morgan fingerprint density at radius 3 is 2.56 bits per heavy atom. The first-order chi connectivity index (χ1) is 7.52. The molecule has 0 radical (unpaired) electrons. The Morgan fingerprint density at radius 1 is 1.31 bits per heavy atom. The van der Waals surface area contributed by atoms with Crippen LogP contribution in [-0.4, -0.2) is 11.7 Å². The van der Waals surface area contributed by atoms with Crippen LogP contribution in [0.2, 0.25) is 10.0 Å². The normalized spacial score (nSPS) is 14.8. The van der Waals surface area contributed by atoms with Crippen molar-refractivity contribution in [2.45, 2.75) is 33.1 Å². The summed E-state index contributed by atoms with van der Waals surface area (Å²) < 4.78 is 0. The minimum Gasteiger partial charge on any atom is -0.396 e. The average molecular weight is 261 g/mol. The molecule has 1 N–H and O–H groups in total. The fourth-order valence-electron chi connectivity index (χ4n) is 1.97. The Kier molecular flexibility index (Phi) is 5.10. The van der Waals surface area contributed by atoms with Gasteiger partial charge in [-0.2, -0.15) is 0 Å². The Balaban J connectivity index is 2.90. The molecule has 1 atom stereocenters. The highest BCUT2D eigenvalue weighted by molar-refractivity contribution is 6.42. The fraction of sp³-hybridized carbons (Fsp3) is 0.538. The second-order valence-corrected chi connectivity index (χ2v) is 5.39. The van der Waals surface area contributed by atoms with Crippen LogP contribution < -0.4 is 0 Å². The molecule has 1 rings (SSSR count). The van der Waals surface area contributed by atoms with Gasteiger partial charge in [-0.15, -0.1) is 0 Å². The van der Waals surface area contributed by atoms with Crippen LogP contribution in [-0.2, 0) is 6.42 Å². The SMILES string of the molecule is CCCC(C)(CO)Cc1cccc(Cl)c1Cl. The number of rotatable bonds is 5. The second-order valence-electron chi connectivity index (χ2n) is 4.61. The lowest BCUT2D eigenvalue weighted by molar-refractivity contribution is 0.131. The largest absolute Gasteiger partial charge is 0.396 e. The molecule has 0 fully saturated rings. The maximum absolute atomic E-state index is 9.46. The van der Waals surface area contributed by atoms with E-state index in [1.54, 1.807) is 6.07 Å².